The molecule has 0 aliphatic rings. The fourth-order valence-electron chi connectivity index (χ4n) is 2.13. The summed E-state index contributed by atoms with van der Waals surface area (Å²) in [6, 6.07) is 0. The molecule has 0 aromatic carbocycles. The molecule has 128 valence electrons. The topological polar surface area (TPSA) is 115 Å². The Bertz CT molecular complexity index is 384. The SMILES string of the molecule is CCCN(CC(C)OC)C(=N)C(CC(C)=N)C(=O)NC(C)N. The van der Waals surface area contributed by atoms with Gasteiger partial charge in [-0.3, -0.25) is 10.2 Å². The number of nitrogens with one attached hydrogen (secondary N) is 3. The van der Waals surface area contributed by atoms with Gasteiger partial charge >= 0.3 is 0 Å². The molecule has 22 heavy (non-hydrogen) atoms. The summed E-state index contributed by atoms with van der Waals surface area (Å²) in [6.07, 6.45) is 0.569. The van der Waals surface area contributed by atoms with E-state index in [1.165, 1.54) is 0 Å². The number of carbonyl (C=O) groups excluding carboxylic acids is 1. The van der Waals surface area contributed by atoms with Crippen molar-refractivity contribution >= 4 is 17.5 Å². The summed E-state index contributed by atoms with van der Waals surface area (Å²) in [5.41, 5.74) is 5.98. The predicted molar refractivity (Wildman–Crippen MR) is 89.4 cm³/mol. The summed E-state index contributed by atoms with van der Waals surface area (Å²) in [5.74, 6) is -0.785. The van der Waals surface area contributed by atoms with Crippen LogP contribution >= 0.6 is 0 Å². The number of methoxy groups -OCH3 is 1. The van der Waals surface area contributed by atoms with Crippen LogP contribution in [0.2, 0.25) is 0 Å². The Kier molecular flexibility index (Phi) is 9.60. The molecular formula is C15H31N5O2. The maximum absolute atomic E-state index is 12.3. The third-order valence-corrected chi connectivity index (χ3v) is 3.24. The first-order chi connectivity index (χ1) is 10.2. The molecule has 0 saturated heterocycles. The molecule has 5 N–H and O–H groups in total. The van der Waals surface area contributed by atoms with Crippen molar-refractivity contribution in [2.45, 2.75) is 52.8 Å². The molecule has 0 fully saturated rings. The summed E-state index contributed by atoms with van der Waals surface area (Å²) in [7, 11) is 1.63. The number of hydrogen-bond donors (Lipinski definition) is 4. The Labute approximate surface area is 133 Å². The zero-order chi connectivity index (χ0) is 17.3. The summed E-state index contributed by atoms with van der Waals surface area (Å²) in [5, 5.41) is 18.7. The van der Waals surface area contributed by atoms with Crippen molar-refractivity contribution in [2.75, 3.05) is 20.2 Å². The Morgan fingerprint density at radius 3 is 2.36 bits per heavy atom. The molecule has 0 heterocycles. The van der Waals surface area contributed by atoms with Crippen LogP contribution in [0.25, 0.3) is 0 Å². The van der Waals surface area contributed by atoms with E-state index in [4.69, 9.17) is 21.3 Å². The van der Waals surface area contributed by atoms with Crippen LogP contribution in [0.5, 0.6) is 0 Å². The highest BCUT2D eigenvalue weighted by Crippen LogP contribution is 2.12. The minimum Gasteiger partial charge on any atom is -0.380 e. The van der Waals surface area contributed by atoms with Gasteiger partial charge < -0.3 is 26.1 Å². The average molecular weight is 313 g/mol. The van der Waals surface area contributed by atoms with Gasteiger partial charge in [-0.2, -0.15) is 0 Å². The van der Waals surface area contributed by atoms with Crippen molar-refractivity contribution in [1.29, 1.82) is 10.8 Å². The maximum Gasteiger partial charge on any atom is 0.232 e. The van der Waals surface area contributed by atoms with Gasteiger partial charge in [-0.15, -0.1) is 0 Å². The van der Waals surface area contributed by atoms with E-state index in [-0.39, 0.29) is 24.3 Å². The summed E-state index contributed by atoms with van der Waals surface area (Å²) >= 11 is 0. The third kappa shape index (κ3) is 7.51. The fraction of sp³-hybridized carbons (Fsp3) is 0.800. The first-order valence-electron chi connectivity index (χ1n) is 7.69. The van der Waals surface area contributed by atoms with Crippen molar-refractivity contribution in [1.82, 2.24) is 10.2 Å². The Hall–Kier alpha value is -1.47. The molecule has 0 aromatic heterocycles. The number of amidine groups is 1. The highest BCUT2D eigenvalue weighted by Gasteiger charge is 2.28. The molecule has 0 saturated carbocycles. The molecule has 0 aliphatic heterocycles. The molecule has 3 unspecified atom stereocenters. The second-order valence-electron chi connectivity index (χ2n) is 5.71. The molecule has 0 spiro atoms. The van der Waals surface area contributed by atoms with E-state index in [1.807, 2.05) is 18.7 Å². The van der Waals surface area contributed by atoms with Crippen LogP contribution < -0.4 is 11.1 Å². The summed E-state index contributed by atoms with van der Waals surface area (Å²) < 4.78 is 5.26. The van der Waals surface area contributed by atoms with Crippen LogP contribution in [0.4, 0.5) is 0 Å². The lowest BCUT2D eigenvalue weighted by molar-refractivity contribution is -0.123. The van der Waals surface area contributed by atoms with Gasteiger partial charge in [-0.1, -0.05) is 6.92 Å². The standard InChI is InChI=1S/C15H31N5O2/c1-6-7-20(9-11(3)22-5)14(18)13(8-10(2)16)15(21)19-12(4)17/h11-13,16,18H,6-9,17H2,1-5H3,(H,19,21). The molecule has 0 radical (unpaired) electrons. The van der Waals surface area contributed by atoms with Gasteiger partial charge in [0, 0.05) is 32.3 Å². The van der Waals surface area contributed by atoms with Crippen molar-refractivity contribution in [3.63, 3.8) is 0 Å². The molecular weight excluding hydrogens is 282 g/mol. The number of hydrogen-bond acceptors (Lipinski definition) is 5. The monoisotopic (exact) mass is 313 g/mol. The smallest absolute Gasteiger partial charge is 0.232 e. The van der Waals surface area contributed by atoms with Crippen molar-refractivity contribution in [3.8, 4) is 0 Å². The van der Waals surface area contributed by atoms with E-state index in [0.717, 1.165) is 6.42 Å². The van der Waals surface area contributed by atoms with Crippen LogP contribution in [0.1, 0.15) is 40.5 Å². The van der Waals surface area contributed by atoms with Crippen molar-refractivity contribution in [2.24, 2.45) is 11.7 Å². The Balaban J connectivity index is 5.16. The zero-order valence-corrected chi connectivity index (χ0v) is 14.4. The molecule has 0 aliphatic carbocycles. The van der Waals surface area contributed by atoms with Gasteiger partial charge in [-0.25, -0.2) is 0 Å². The van der Waals surface area contributed by atoms with Gasteiger partial charge in [0.1, 0.15) is 11.8 Å². The molecule has 0 rings (SSSR count). The van der Waals surface area contributed by atoms with Gasteiger partial charge in [0.15, 0.2) is 0 Å². The Morgan fingerprint density at radius 1 is 1.36 bits per heavy atom. The molecule has 0 aromatic rings. The quantitative estimate of drug-likeness (QED) is 0.275. The number of amides is 1. The lowest BCUT2D eigenvalue weighted by atomic mass is 9.98. The summed E-state index contributed by atoms with van der Waals surface area (Å²) in [4.78, 5) is 14.2. The number of carbonyl (C=O) groups is 1. The van der Waals surface area contributed by atoms with Crippen LogP contribution in [0.3, 0.4) is 0 Å². The molecule has 3 atom stereocenters. The van der Waals surface area contributed by atoms with Crippen LogP contribution in [-0.4, -0.2) is 54.8 Å². The van der Waals surface area contributed by atoms with Crippen LogP contribution in [0, 0.1) is 16.7 Å². The number of ether oxygens (including phenoxy) is 1. The van der Waals surface area contributed by atoms with E-state index in [0.29, 0.717) is 18.8 Å². The molecule has 7 nitrogen and oxygen atoms in total. The minimum absolute atomic E-state index is 0.0369. The average Bonchev–Trinajstić information content (AvgIpc) is 2.42. The minimum atomic E-state index is -0.695. The second kappa shape index (κ2) is 10.3. The fourth-order valence-corrected chi connectivity index (χ4v) is 2.13. The number of nitrogens with zero attached hydrogens (tertiary/aromatic N) is 1. The molecule has 0 bridgehead atoms. The predicted octanol–water partition coefficient (Wildman–Crippen LogP) is 1.18. The van der Waals surface area contributed by atoms with Gasteiger partial charge in [-0.05, 0) is 27.2 Å². The van der Waals surface area contributed by atoms with Crippen LogP contribution in [-0.2, 0) is 9.53 Å². The van der Waals surface area contributed by atoms with Crippen LogP contribution in [0.15, 0.2) is 0 Å². The summed E-state index contributed by atoms with van der Waals surface area (Å²) in [6.45, 7) is 8.48. The van der Waals surface area contributed by atoms with Crippen molar-refractivity contribution in [3.05, 3.63) is 0 Å². The highest BCUT2D eigenvalue weighted by atomic mass is 16.5. The van der Waals surface area contributed by atoms with Gasteiger partial charge in [0.05, 0.1) is 12.3 Å². The first kappa shape index (κ1) is 20.5. The van der Waals surface area contributed by atoms with Gasteiger partial charge in [0.25, 0.3) is 0 Å². The van der Waals surface area contributed by atoms with Gasteiger partial charge in [0.2, 0.25) is 5.91 Å². The lowest BCUT2D eigenvalue weighted by Crippen LogP contribution is -2.49. The normalized spacial score (nSPS) is 14.8. The maximum atomic E-state index is 12.3. The molecule has 1 amide bonds. The van der Waals surface area contributed by atoms with E-state index in [9.17, 15) is 4.79 Å². The number of nitrogens with two attached hydrogens (primary N) is 1. The van der Waals surface area contributed by atoms with E-state index in [2.05, 4.69) is 5.32 Å². The second-order valence-corrected chi connectivity index (χ2v) is 5.71. The largest absolute Gasteiger partial charge is 0.380 e. The zero-order valence-electron chi connectivity index (χ0n) is 14.4. The first-order valence-corrected chi connectivity index (χ1v) is 7.69. The van der Waals surface area contributed by atoms with E-state index >= 15 is 0 Å². The van der Waals surface area contributed by atoms with Crippen molar-refractivity contribution < 1.29 is 9.53 Å². The highest BCUT2D eigenvalue weighted by molar-refractivity contribution is 6.04. The van der Waals surface area contributed by atoms with E-state index < -0.39 is 12.1 Å². The molecule has 7 heteroatoms. The third-order valence-electron chi connectivity index (χ3n) is 3.24. The number of rotatable bonds is 10. The lowest BCUT2D eigenvalue weighted by Gasteiger charge is -2.31. The van der Waals surface area contributed by atoms with E-state index in [1.54, 1.807) is 21.0 Å². The Morgan fingerprint density at radius 2 is 1.95 bits per heavy atom.